The van der Waals surface area contributed by atoms with Crippen LogP contribution in [-0.2, 0) is 16.0 Å². The molecule has 5 nitrogen and oxygen atoms in total. The molecule has 0 aliphatic heterocycles. The van der Waals surface area contributed by atoms with Crippen LogP contribution in [0.1, 0.15) is 17.3 Å². The summed E-state index contributed by atoms with van der Waals surface area (Å²) in [5.41, 5.74) is 1.68. The van der Waals surface area contributed by atoms with Crippen molar-refractivity contribution in [1.29, 1.82) is 0 Å². The Morgan fingerprint density at radius 3 is 2.81 bits per heavy atom. The maximum atomic E-state index is 11.9. The monoisotopic (exact) mass is 282 g/mol. The Morgan fingerprint density at radius 1 is 1.48 bits per heavy atom. The van der Waals surface area contributed by atoms with Crippen molar-refractivity contribution in [2.24, 2.45) is 0 Å². The zero-order valence-corrected chi connectivity index (χ0v) is 11.7. The standard InChI is InChI=1S/C16H16N3O2/c1-3-14(12-7-5-4-6-8-12)19-15(16(20)21-2)9-13-10-17-11-18-13/h4-8,10-11,14-15,19H,9H2,2H3,(H,17,18)/q+1/t14?,15-/m0/s1. The van der Waals surface area contributed by atoms with Crippen molar-refractivity contribution in [1.82, 2.24) is 15.3 Å². The fraction of sp³-hybridized carbons (Fsp3) is 0.250. The average Bonchev–Trinajstić information content (AvgIpc) is 3.04. The maximum absolute atomic E-state index is 11.9. The molecule has 0 radical (unpaired) electrons. The first kappa shape index (κ1) is 15.0. The molecule has 106 valence electrons. The van der Waals surface area contributed by atoms with Gasteiger partial charge in [0, 0.05) is 0 Å². The third-order valence-corrected chi connectivity index (χ3v) is 3.11. The predicted octanol–water partition coefficient (Wildman–Crippen LogP) is 1.41. The summed E-state index contributed by atoms with van der Waals surface area (Å²) in [5.74, 6) is 2.02. The molecule has 2 aromatic rings. The molecule has 0 aliphatic rings. The topological polar surface area (TPSA) is 67.0 Å². The van der Waals surface area contributed by atoms with Gasteiger partial charge in [0.1, 0.15) is 0 Å². The summed E-state index contributed by atoms with van der Waals surface area (Å²) in [7, 11) is 1.34. The van der Waals surface area contributed by atoms with E-state index in [-0.39, 0.29) is 5.97 Å². The molecule has 0 spiro atoms. The van der Waals surface area contributed by atoms with Gasteiger partial charge < -0.3 is 0 Å². The van der Waals surface area contributed by atoms with E-state index >= 15 is 0 Å². The van der Waals surface area contributed by atoms with Crippen molar-refractivity contribution in [3.63, 3.8) is 0 Å². The van der Waals surface area contributed by atoms with Crippen LogP contribution in [0.2, 0.25) is 0 Å². The fourth-order valence-electron chi connectivity index (χ4n) is 2.04. The average molecular weight is 282 g/mol. The zero-order valence-electron chi connectivity index (χ0n) is 11.7. The van der Waals surface area contributed by atoms with Crippen molar-refractivity contribution >= 4 is 5.97 Å². The van der Waals surface area contributed by atoms with Gasteiger partial charge in [-0.3, -0.25) is 0 Å². The number of esters is 1. The van der Waals surface area contributed by atoms with E-state index in [4.69, 9.17) is 11.2 Å². The van der Waals surface area contributed by atoms with Gasteiger partial charge in [0.25, 0.3) is 0 Å². The summed E-state index contributed by atoms with van der Waals surface area (Å²) in [6.45, 7) is 0. The normalized spacial score (nSPS) is 13.3. The molecule has 21 heavy (non-hydrogen) atoms. The first-order valence-corrected chi connectivity index (χ1v) is 6.53. The molecule has 1 aromatic heterocycles. The Bertz CT molecular complexity index is 602. The number of carbonyl (C=O) groups is 1. The van der Waals surface area contributed by atoms with Crippen LogP contribution < -0.4 is 5.32 Å². The van der Waals surface area contributed by atoms with Crippen molar-refractivity contribution in [3.05, 3.63) is 60.5 Å². The fourth-order valence-corrected chi connectivity index (χ4v) is 2.04. The Kier molecular flexibility index (Phi) is 5.32. The van der Waals surface area contributed by atoms with Crippen LogP contribution in [0.3, 0.4) is 0 Å². The molecule has 2 rings (SSSR count). The molecule has 1 aromatic carbocycles. The first-order valence-electron chi connectivity index (χ1n) is 6.53. The minimum atomic E-state index is -0.585. The van der Waals surface area contributed by atoms with Gasteiger partial charge in [0.05, 0.1) is 0 Å². The van der Waals surface area contributed by atoms with Gasteiger partial charge in [-0.2, -0.15) is 0 Å². The number of H-pyrrole nitrogens is 1. The van der Waals surface area contributed by atoms with E-state index in [1.165, 1.54) is 7.11 Å². The number of rotatable bonds is 6. The number of benzene rings is 1. The SMILES string of the molecule is [C+]#CC(N[C@@H](Cc1cnc[nH]1)C(=O)OC)c1ccccc1. The summed E-state index contributed by atoms with van der Waals surface area (Å²) in [6, 6.07) is 8.35. The summed E-state index contributed by atoms with van der Waals surface area (Å²) < 4.78 is 4.82. The summed E-state index contributed by atoms with van der Waals surface area (Å²) in [5, 5.41) is 3.09. The molecule has 1 unspecified atom stereocenters. The second kappa shape index (κ2) is 7.43. The number of aromatic nitrogens is 2. The van der Waals surface area contributed by atoms with Crippen LogP contribution >= 0.6 is 0 Å². The zero-order chi connectivity index (χ0) is 15.1. The second-order valence-electron chi connectivity index (χ2n) is 4.51. The summed E-state index contributed by atoms with van der Waals surface area (Å²) in [6.07, 6.45) is 11.1. The van der Waals surface area contributed by atoms with E-state index in [0.29, 0.717) is 6.42 Å². The molecule has 2 atom stereocenters. The van der Waals surface area contributed by atoms with E-state index in [9.17, 15) is 4.79 Å². The van der Waals surface area contributed by atoms with Gasteiger partial charge in [-0.15, -0.1) is 0 Å². The van der Waals surface area contributed by atoms with Crippen molar-refractivity contribution < 1.29 is 9.53 Å². The molecule has 0 fully saturated rings. The number of nitrogens with one attached hydrogen (secondary N) is 2. The number of hydrogen-bond donors (Lipinski definition) is 2. The Labute approximate surface area is 123 Å². The molecule has 5 heteroatoms. The van der Waals surface area contributed by atoms with Crippen LogP contribution in [0.25, 0.3) is 0 Å². The van der Waals surface area contributed by atoms with E-state index < -0.39 is 12.1 Å². The van der Waals surface area contributed by atoms with Gasteiger partial charge in [0.15, 0.2) is 0 Å². The summed E-state index contributed by atoms with van der Waals surface area (Å²) >= 11 is 0. The van der Waals surface area contributed by atoms with Crippen LogP contribution in [0, 0.1) is 12.3 Å². The Hall–Kier alpha value is -2.36. The Morgan fingerprint density at radius 2 is 2.24 bits per heavy atom. The number of methoxy groups -OCH3 is 1. The van der Waals surface area contributed by atoms with Crippen molar-refractivity contribution in [2.75, 3.05) is 7.11 Å². The molecule has 0 aliphatic carbocycles. The molecule has 1 heterocycles. The number of hydrogen-bond acceptors (Lipinski definition) is 4. The second-order valence-corrected chi connectivity index (χ2v) is 4.51. The van der Waals surface area contributed by atoms with Crippen molar-refractivity contribution in [3.8, 4) is 5.92 Å². The number of ether oxygens (including phenoxy) is 1. The van der Waals surface area contributed by atoms with Crippen LogP contribution in [-0.4, -0.2) is 29.1 Å². The number of nitrogens with zero attached hydrogens (tertiary/aromatic N) is 1. The molecule has 0 bridgehead atoms. The van der Waals surface area contributed by atoms with E-state index in [2.05, 4.69) is 21.2 Å². The molecule has 0 saturated carbocycles. The third-order valence-electron chi connectivity index (χ3n) is 3.11. The van der Waals surface area contributed by atoms with Gasteiger partial charge in [-0.05, 0) is 0 Å². The molecule has 0 amide bonds. The molecule has 2 N–H and O–H groups in total. The van der Waals surface area contributed by atoms with Gasteiger partial charge >= 0.3 is 123 Å². The number of imidazole rings is 1. The minimum absolute atomic E-state index is 0.388. The van der Waals surface area contributed by atoms with E-state index in [0.717, 1.165) is 11.3 Å². The van der Waals surface area contributed by atoms with E-state index in [1.54, 1.807) is 12.5 Å². The predicted molar refractivity (Wildman–Crippen MR) is 77.5 cm³/mol. The van der Waals surface area contributed by atoms with Gasteiger partial charge in [0.2, 0.25) is 0 Å². The molecule has 0 saturated heterocycles. The van der Waals surface area contributed by atoms with Gasteiger partial charge in [-0.25, -0.2) is 0 Å². The van der Waals surface area contributed by atoms with Crippen LogP contribution in [0.15, 0.2) is 42.9 Å². The van der Waals surface area contributed by atoms with E-state index in [1.807, 2.05) is 30.3 Å². The first-order chi connectivity index (χ1) is 10.2. The van der Waals surface area contributed by atoms with Gasteiger partial charge in [-0.1, -0.05) is 0 Å². The quantitative estimate of drug-likeness (QED) is 0.477. The molecular weight excluding hydrogens is 266 g/mol. The van der Waals surface area contributed by atoms with Crippen molar-refractivity contribution in [2.45, 2.75) is 18.5 Å². The number of carbonyl (C=O) groups excluding carboxylic acids is 1. The molecular formula is C16H16N3O2+. The van der Waals surface area contributed by atoms with Crippen LogP contribution in [0.4, 0.5) is 0 Å². The Balaban J connectivity index is 2.13. The summed E-state index contributed by atoms with van der Waals surface area (Å²) in [4.78, 5) is 18.8. The third kappa shape index (κ3) is 4.05. The van der Waals surface area contributed by atoms with Crippen LogP contribution in [0.5, 0.6) is 0 Å². The number of aromatic amines is 1.